The van der Waals surface area contributed by atoms with E-state index in [4.69, 9.17) is 4.74 Å². The first-order valence-corrected chi connectivity index (χ1v) is 9.40. The highest BCUT2D eigenvalue weighted by Gasteiger charge is 2.32. The first-order chi connectivity index (χ1) is 10.7. The van der Waals surface area contributed by atoms with E-state index in [1.54, 1.807) is 6.20 Å². The molecule has 0 aromatic carbocycles. The topological polar surface area (TPSA) is 73.3 Å². The Balaban J connectivity index is 1.54. The lowest BCUT2D eigenvalue weighted by Gasteiger charge is -2.07. The van der Waals surface area contributed by atoms with Crippen molar-refractivity contribution in [2.75, 3.05) is 12.4 Å². The molecule has 22 heavy (non-hydrogen) atoms. The molecular formula is C15H17NO4S2. The lowest BCUT2D eigenvalue weighted by molar-refractivity contribution is -0.144. The number of Topliss-reactive ketones (excluding diaryl/α,β-unsaturated/α-hetero) is 2. The molecule has 2 rings (SSSR count). The van der Waals surface area contributed by atoms with Gasteiger partial charge < -0.3 is 4.74 Å². The summed E-state index contributed by atoms with van der Waals surface area (Å²) >= 11 is 0. The summed E-state index contributed by atoms with van der Waals surface area (Å²) in [6.45, 7) is 0.138. The predicted octanol–water partition coefficient (Wildman–Crippen LogP) is 2.69. The minimum absolute atomic E-state index is 0.0247. The summed E-state index contributed by atoms with van der Waals surface area (Å²) in [5.74, 6) is -0.276. The van der Waals surface area contributed by atoms with Gasteiger partial charge in [0.25, 0.3) is 0 Å². The molecule has 1 aromatic heterocycles. The quantitative estimate of drug-likeness (QED) is 0.312. The van der Waals surface area contributed by atoms with E-state index >= 15 is 0 Å². The molecular weight excluding hydrogens is 322 g/mol. The molecule has 1 aliphatic carbocycles. The van der Waals surface area contributed by atoms with Crippen LogP contribution in [0.15, 0.2) is 29.4 Å². The smallest absolute Gasteiger partial charge is 0.306 e. The normalized spacial score (nSPS) is 15.3. The van der Waals surface area contributed by atoms with Crippen molar-refractivity contribution in [2.24, 2.45) is 5.92 Å². The van der Waals surface area contributed by atoms with Crippen molar-refractivity contribution in [3.8, 4) is 0 Å². The molecule has 1 saturated carbocycles. The lowest BCUT2D eigenvalue weighted by Crippen LogP contribution is -2.18. The summed E-state index contributed by atoms with van der Waals surface area (Å²) in [4.78, 5) is 38.6. The number of esters is 1. The third kappa shape index (κ3) is 5.46. The van der Waals surface area contributed by atoms with Gasteiger partial charge in [0, 0.05) is 24.8 Å². The monoisotopic (exact) mass is 339 g/mol. The minimum Gasteiger partial charge on any atom is -0.466 e. The van der Waals surface area contributed by atoms with E-state index in [1.807, 2.05) is 18.2 Å². The maximum atomic E-state index is 11.6. The lowest BCUT2D eigenvalue weighted by atomic mass is 10.0. The van der Waals surface area contributed by atoms with Crippen LogP contribution in [0.25, 0.3) is 0 Å². The van der Waals surface area contributed by atoms with Gasteiger partial charge in [-0.25, -0.2) is 4.98 Å². The molecule has 118 valence electrons. The molecule has 0 aliphatic heterocycles. The summed E-state index contributed by atoms with van der Waals surface area (Å²) in [5, 5.41) is 0.902. The molecule has 0 radical (unpaired) electrons. The highest BCUT2D eigenvalue weighted by Crippen LogP contribution is 2.29. The van der Waals surface area contributed by atoms with E-state index in [1.165, 1.54) is 21.6 Å². The number of ketones is 2. The van der Waals surface area contributed by atoms with Crippen molar-refractivity contribution in [3.05, 3.63) is 24.4 Å². The number of rotatable bonds is 8. The fourth-order valence-electron chi connectivity index (χ4n) is 2.08. The summed E-state index contributed by atoms with van der Waals surface area (Å²) in [5.41, 5.74) is 0. The van der Waals surface area contributed by atoms with Crippen LogP contribution >= 0.6 is 21.6 Å². The van der Waals surface area contributed by atoms with Crippen LogP contribution in [0.3, 0.4) is 0 Å². The predicted molar refractivity (Wildman–Crippen MR) is 85.5 cm³/mol. The molecule has 0 spiro atoms. The van der Waals surface area contributed by atoms with Gasteiger partial charge in [0.1, 0.15) is 16.6 Å². The fraction of sp³-hybridized carbons (Fsp3) is 0.467. The Hall–Kier alpha value is -1.34. The van der Waals surface area contributed by atoms with Crippen molar-refractivity contribution in [3.63, 3.8) is 0 Å². The largest absolute Gasteiger partial charge is 0.466 e. The van der Waals surface area contributed by atoms with Crippen LogP contribution in [-0.2, 0) is 19.1 Å². The van der Waals surface area contributed by atoms with Gasteiger partial charge in [0.2, 0.25) is 0 Å². The van der Waals surface area contributed by atoms with E-state index < -0.39 is 5.92 Å². The number of ether oxygens (including phenoxy) is 1. The van der Waals surface area contributed by atoms with E-state index in [0.29, 0.717) is 31.4 Å². The maximum Gasteiger partial charge on any atom is 0.306 e. The number of carbonyl (C=O) groups is 3. The molecule has 0 amide bonds. The summed E-state index contributed by atoms with van der Waals surface area (Å²) in [6, 6.07) is 5.67. The fourth-order valence-corrected chi connectivity index (χ4v) is 3.93. The van der Waals surface area contributed by atoms with Gasteiger partial charge >= 0.3 is 5.97 Å². The standard InChI is InChI=1S/C15H17NO4S2/c17-12-4-5-13(18)11(12)6-9-20-15(19)7-10-21-22-14-3-1-2-8-16-14/h1-3,8,11H,4-7,9-10H2. The molecule has 0 atom stereocenters. The molecule has 1 aliphatic rings. The van der Waals surface area contributed by atoms with Crippen LogP contribution in [0.2, 0.25) is 0 Å². The number of pyridine rings is 1. The first-order valence-electron chi connectivity index (χ1n) is 7.08. The molecule has 0 unspecified atom stereocenters. The van der Waals surface area contributed by atoms with Gasteiger partial charge in [-0.1, -0.05) is 16.9 Å². The number of aromatic nitrogens is 1. The second-order valence-corrected chi connectivity index (χ2v) is 7.25. The zero-order valence-corrected chi connectivity index (χ0v) is 13.7. The number of hydrogen-bond donors (Lipinski definition) is 0. The van der Waals surface area contributed by atoms with Gasteiger partial charge in [-0.15, -0.1) is 0 Å². The molecule has 7 heteroatoms. The first kappa shape index (κ1) is 17.0. The summed E-state index contributed by atoms with van der Waals surface area (Å²) < 4.78 is 5.07. The van der Waals surface area contributed by atoms with Gasteiger partial charge in [0.15, 0.2) is 0 Å². The maximum absolute atomic E-state index is 11.6. The van der Waals surface area contributed by atoms with Crippen LogP contribution in [0.1, 0.15) is 25.7 Å². The second-order valence-electron chi connectivity index (χ2n) is 4.82. The van der Waals surface area contributed by atoms with Crippen LogP contribution in [-0.4, -0.2) is 34.9 Å². The van der Waals surface area contributed by atoms with Gasteiger partial charge in [-0.05, 0) is 29.3 Å². The Bertz CT molecular complexity index is 520. The Morgan fingerprint density at radius 3 is 2.73 bits per heavy atom. The second kappa shape index (κ2) is 8.95. The number of nitrogens with zero attached hydrogens (tertiary/aromatic N) is 1. The highest BCUT2D eigenvalue weighted by atomic mass is 33.1. The molecule has 1 aromatic rings. The SMILES string of the molecule is O=C(CCSSc1ccccn1)OCCC1C(=O)CCC1=O. The van der Waals surface area contributed by atoms with Crippen molar-refractivity contribution in [2.45, 2.75) is 30.7 Å². The Kier molecular flexibility index (Phi) is 6.92. The number of carbonyl (C=O) groups excluding carboxylic acids is 3. The molecule has 1 heterocycles. The summed E-state index contributed by atoms with van der Waals surface area (Å²) in [6.07, 6.45) is 3.01. The average molecular weight is 339 g/mol. The molecule has 1 fully saturated rings. The van der Waals surface area contributed by atoms with Crippen molar-refractivity contribution in [1.29, 1.82) is 0 Å². The molecule has 0 N–H and O–H groups in total. The highest BCUT2D eigenvalue weighted by molar-refractivity contribution is 8.76. The van der Waals surface area contributed by atoms with Crippen molar-refractivity contribution < 1.29 is 19.1 Å². The van der Waals surface area contributed by atoms with E-state index in [-0.39, 0.29) is 24.1 Å². The van der Waals surface area contributed by atoms with E-state index in [0.717, 1.165) is 5.03 Å². The van der Waals surface area contributed by atoms with Gasteiger partial charge in [0.05, 0.1) is 18.9 Å². The third-order valence-electron chi connectivity index (χ3n) is 3.24. The van der Waals surface area contributed by atoms with E-state index in [2.05, 4.69) is 4.98 Å². The van der Waals surface area contributed by atoms with E-state index in [9.17, 15) is 14.4 Å². The van der Waals surface area contributed by atoms with Crippen LogP contribution in [0, 0.1) is 5.92 Å². The zero-order chi connectivity index (χ0) is 15.8. The average Bonchev–Trinajstić information content (AvgIpc) is 2.84. The van der Waals surface area contributed by atoms with Gasteiger partial charge in [-0.2, -0.15) is 0 Å². The summed E-state index contributed by atoms with van der Waals surface area (Å²) in [7, 11) is 3.06. The van der Waals surface area contributed by atoms with Crippen molar-refractivity contribution in [1.82, 2.24) is 4.98 Å². The Labute approximate surface area is 137 Å². The van der Waals surface area contributed by atoms with Crippen LogP contribution in [0.5, 0.6) is 0 Å². The third-order valence-corrected chi connectivity index (χ3v) is 5.50. The van der Waals surface area contributed by atoms with Crippen LogP contribution < -0.4 is 0 Å². The molecule has 0 saturated heterocycles. The minimum atomic E-state index is -0.554. The molecule has 5 nitrogen and oxygen atoms in total. The molecule has 0 bridgehead atoms. The zero-order valence-electron chi connectivity index (χ0n) is 12.0. The Morgan fingerprint density at radius 2 is 2.05 bits per heavy atom. The van der Waals surface area contributed by atoms with Crippen molar-refractivity contribution >= 4 is 39.1 Å². The Morgan fingerprint density at radius 1 is 1.27 bits per heavy atom. The number of hydrogen-bond acceptors (Lipinski definition) is 7. The van der Waals surface area contributed by atoms with Gasteiger partial charge in [-0.3, -0.25) is 14.4 Å². The van der Waals surface area contributed by atoms with Crippen LogP contribution in [0.4, 0.5) is 0 Å².